The highest BCUT2D eigenvalue weighted by atomic mass is 16.8. The van der Waals surface area contributed by atoms with Gasteiger partial charge in [0.1, 0.15) is 48.8 Å². The van der Waals surface area contributed by atoms with Crippen LogP contribution >= 0.6 is 0 Å². The van der Waals surface area contributed by atoms with Crippen molar-refractivity contribution in [3.8, 4) is 0 Å². The zero-order valence-corrected chi connectivity index (χ0v) is 25.2. The Kier molecular flexibility index (Phi) is 11.9. The molecule has 0 aromatic rings. The lowest BCUT2D eigenvalue weighted by Gasteiger charge is -2.48. The third kappa shape index (κ3) is 6.91. The fraction of sp³-hybridized carbons (Fsp3) is 1.00. The zero-order chi connectivity index (χ0) is 33.4. The van der Waals surface area contributed by atoms with Crippen molar-refractivity contribution in [1.29, 1.82) is 0 Å². The van der Waals surface area contributed by atoms with Gasteiger partial charge in [0.15, 0.2) is 6.29 Å². The molecule has 264 valence electrons. The lowest BCUT2D eigenvalue weighted by atomic mass is 9.81. The molecular weight excluding hydrogens is 612 g/mol. The maximum atomic E-state index is 11.3. The molecule has 0 aromatic heterocycles. The first kappa shape index (κ1) is 37.1. The first-order chi connectivity index (χ1) is 21.2. The van der Waals surface area contributed by atoms with Gasteiger partial charge >= 0.3 is 0 Å². The van der Waals surface area contributed by atoms with E-state index in [0.717, 1.165) is 0 Å². The van der Waals surface area contributed by atoms with Crippen LogP contribution in [-0.2, 0) is 33.2 Å². The van der Waals surface area contributed by atoms with Crippen molar-refractivity contribution in [2.75, 3.05) is 46.2 Å². The van der Waals surface area contributed by atoms with Crippen LogP contribution in [0.4, 0.5) is 0 Å². The molecule has 0 saturated carbocycles. The normalized spacial score (nSPS) is 47.5. The van der Waals surface area contributed by atoms with Crippen LogP contribution in [0.15, 0.2) is 0 Å². The summed E-state index contributed by atoms with van der Waals surface area (Å²) in [4.78, 5) is 0. The van der Waals surface area contributed by atoms with Gasteiger partial charge in [0.25, 0.3) is 0 Å². The Morgan fingerprint density at radius 3 is 1.69 bits per heavy atom. The lowest BCUT2D eigenvalue weighted by Crippen LogP contribution is -2.65. The van der Waals surface area contributed by atoms with Gasteiger partial charge in [-0.15, -0.1) is 0 Å². The monoisotopic (exact) mass is 660 g/mol. The van der Waals surface area contributed by atoms with Gasteiger partial charge in [-0.2, -0.15) is 0 Å². The van der Waals surface area contributed by atoms with E-state index in [1.54, 1.807) is 0 Å². The average Bonchev–Trinajstić information content (AvgIpc) is 3.65. The van der Waals surface area contributed by atoms with Crippen molar-refractivity contribution in [1.82, 2.24) is 0 Å². The molecule has 4 aliphatic heterocycles. The third-order valence-electron chi connectivity index (χ3n) is 9.30. The minimum absolute atomic E-state index is 0.0499. The lowest BCUT2D eigenvalue weighted by molar-refractivity contribution is -0.393. The zero-order valence-electron chi connectivity index (χ0n) is 25.2. The molecule has 0 radical (unpaired) electrons. The highest BCUT2D eigenvalue weighted by molar-refractivity contribution is 5.09. The average molecular weight is 661 g/mol. The van der Waals surface area contributed by atoms with Crippen LogP contribution in [-0.4, -0.2) is 193 Å². The molecule has 14 atom stereocenters. The molecule has 4 heterocycles. The van der Waals surface area contributed by atoms with Gasteiger partial charge in [0.2, 0.25) is 11.6 Å². The van der Waals surface area contributed by atoms with E-state index in [4.69, 9.17) is 33.2 Å². The van der Waals surface area contributed by atoms with Crippen molar-refractivity contribution >= 4 is 0 Å². The summed E-state index contributed by atoms with van der Waals surface area (Å²) in [5, 5.41) is 113. The van der Waals surface area contributed by atoms with Gasteiger partial charge in [0.05, 0.1) is 69.7 Å². The van der Waals surface area contributed by atoms with E-state index >= 15 is 0 Å². The van der Waals surface area contributed by atoms with Crippen molar-refractivity contribution < 1.29 is 89.3 Å². The van der Waals surface area contributed by atoms with E-state index in [2.05, 4.69) is 0 Å². The quantitative estimate of drug-likeness (QED) is 0.0827. The Morgan fingerprint density at radius 2 is 1.18 bits per heavy atom. The summed E-state index contributed by atoms with van der Waals surface area (Å²) in [7, 11) is 0. The fourth-order valence-corrected chi connectivity index (χ4v) is 6.30. The van der Waals surface area contributed by atoms with E-state index in [-0.39, 0.29) is 19.3 Å². The first-order valence-corrected chi connectivity index (χ1v) is 14.9. The smallest absolute Gasteiger partial charge is 0.221 e. The van der Waals surface area contributed by atoms with Gasteiger partial charge in [-0.05, 0) is 13.8 Å². The molecule has 45 heavy (non-hydrogen) atoms. The molecule has 4 fully saturated rings. The first-order valence-electron chi connectivity index (χ1n) is 14.9. The standard InChI is InChI=1S/C27H48O18/c1-24(2,25(17(33)3-13(6-28)42-25)11-40-26(10-32)18(34)4-14(7-29)43-26)39-12-27(19(35)5-15(8-30)44-27)45-23-22(38)21(37)20(36)16(9-31)41-23/h13-23,28-38H,3-12H2,1-2H3. The Morgan fingerprint density at radius 1 is 0.644 bits per heavy atom. The second-order valence-electron chi connectivity index (χ2n) is 12.6. The van der Waals surface area contributed by atoms with Crippen molar-refractivity contribution in [2.24, 2.45) is 0 Å². The van der Waals surface area contributed by atoms with Crippen LogP contribution in [0.3, 0.4) is 0 Å². The molecule has 0 spiro atoms. The predicted molar refractivity (Wildman–Crippen MR) is 144 cm³/mol. The molecule has 0 aliphatic carbocycles. The van der Waals surface area contributed by atoms with Gasteiger partial charge in [-0.1, -0.05) is 0 Å². The number of rotatable bonds is 14. The minimum Gasteiger partial charge on any atom is -0.394 e. The molecule has 14 unspecified atom stereocenters. The summed E-state index contributed by atoms with van der Waals surface area (Å²) in [5.41, 5.74) is -3.45. The summed E-state index contributed by atoms with van der Waals surface area (Å²) in [6.07, 6.45) is -15.7. The molecule has 11 N–H and O–H groups in total. The SMILES string of the molecule is CC(C)(OCC1(OC2OC(CO)C(O)C(O)C2O)OC(CO)CC1O)C1(COC2(CO)OC(CO)CC2O)OC(CO)CC1O. The molecule has 18 heteroatoms. The molecule has 4 aliphatic rings. The van der Waals surface area contributed by atoms with Gasteiger partial charge in [0, 0.05) is 19.3 Å². The molecule has 4 saturated heterocycles. The molecule has 0 aromatic carbocycles. The largest absolute Gasteiger partial charge is 0.394 e. The third-order valence-corrected chi connectivity index (χ3v) is 9.30. The number of aliphatic hydroxyl groups excluding tert-OH is 11. The number of aliphatic hydroxyl groups is 11. The van der Waals surface area contributed by atoms with E-state index in [0.29, 0.717) is 0 Å². The van der Waals surface area contributed by atoms with E-state index < -0.39 is 136 Å². The van der Waals surface area contributed by atoms with Crippen LogP contribution < -0.4 is 0 Å². The summed E-state index contributed by atoms with van der Waals surface area (Å²) in [5.74, 6) is -4.16. The summed E-state index contributed by atoms with van der Waals surface area (Å²) in [6.45, 7) is -1.34. The number of ether oxygens (including phenoxy) is 7. The highest BCUT2D eigenvalue weighted by Crippen LogP contribution is 2.45. The maximum Gasteiger partial charge on any atom is 0.221 e. The second-order valence-corrected chi connectivity index (χ2v) is 12.6. The Bertz CT molecular complexity index is 957. The molecular formula is C27H48O18. The minimum atomic E-state index is -2.17. The van der Waals surface area contributed by atoms with Crippen molar-refractivity contribution in [3.05, 3.63) is 0 Å². The molecule has 4 rings (SSSR count). The van der Waals surface area contributed by atoms with Crippen LogP contribution in [0.1, 0.15) is 33.1 Å². The molecule has 18 nitrogen and oxygen atoms in total. The number of hydrogen-bond donors (Lipinski definition) is 11. The summed E-state index contributed by atoms with van der Waals surface area (Å²) < 4.78 is 41.0. The van der Waals surface area contributed by atoms with Gasteiger partial charge in [-0.3, -0.25) is 0 Å². The van der Waals surface area contributed by atoms with E-state index in [1.807, 2.05) is 0 Å². The van der Waals surface area contributed by atoms with E-state index in [1.165, 1.54) is 13.8 Å². The van der Waals surface area contributed by atoms with Crippen molar-refractivity contribution in [3.63, 3.8) is 0 Å². The Hall–Kier alpha value is -0.720. The summed E-state index contributed by atoms with van der Waals surface area (Å²) >= 11 is 0. The van der Waals surface area contributed by atoms with Crippen LogP contribution in [0.25, 0.3) is 0 Å². The fourth-order valence-electron chi connectivity index (χ4n) is 6.30. The summed E-state index contributed by atoms with van der Waals surface area (Å²) in [6, 6.07) is 0. The molecule has 0 bridgehead atoms. The topological polar surface area (TPSA) is 287 Å². The second kappa shape index (κ2) is 14.4. The Balaban J connectivity index is 1.60. The highest BCUT2D eigenvalue weighted by Gasteiger charge is 2.62. The predicted octanol–water partition coefficient (Wildman–Crippen LogP) is -5.84. The van der Waals surface area contributed by atoms with E-state index in [9.17, 15) is 56.2 Å². The van der Waals surface area contributed by atoms with Gasteiger partial charge in [-0.25, -0.2) is 0 Å². The van der Waals surface area contributed by atoms with Crippen LogP contribution in [0.5, 0.6) is 0 Å². The number of hydrogen-bond acceptors (Lipinski definition) is 18. The van der Waals surface area contributed by atoms with Crippen LogP contribution in [0, 0.1) is 0 Å². The Labute approximate surface area is 259 Å². The van der Waals surface area contributed by atoms with Crippen LogP contribution in [0.2, 0.25) is 0 Å². The maximum absolute atomic E-state index is 11.3. The van der Waals surface area contributed by atoms with Gasteiger partial charge < -0.3 is 89.3 Å². The molecule has 0 amide bonds. The van der Waals surface area contributed by atoms with Crippen molar-refractivity contribution in [2.45, 2.75) is 123 Å².